The zero-order chi connectivity index (χ0) is 19.8. The highest BCUT2D eigenvalue weighted by molar-refractivity contribution is 5.73. The number of ether oxygens (including phenoxy) is 1. The second kappa shape index (κ2) is 10.5. The average Bonchev–Trinajstić information content (AvgIpc) is 2.72. The van der Waals surface area contributed by atoms with Crippen LogP contribution in [-0.4, -0.2) is 5.97 Å². The molecule has 1 aliphatic carbocycles. The smallest absolute Gasteiger partial charge is 0.311 e. The highest BCUT2D eigenvalue weighted by Gasteiger charge is 2.18. The third-order valence-corrected chi connectivity index (χ3v) is 5.89. The number of carbonyl (C=O) groups is 1. The summed E-state index contributed by atoms with van der Waals surface area (Å²) in [6.07, 6.45) is 11.3. The van der Waals surface area contributed by atoms with Crippen LogP contribution in [0.15, 0.2) is 42.5 Å². The molecule has 2 aromatic rings. The molecule has 0 fully saturated rings. The van der Waals surface area contributed by atoms with E-state index >= 15 is 0 Å². The van der Waals surface area contributed by atoms with Gasteiger partial charge >= 0.3 is 5.97 Å². The molecule has 0 bridgehead atoms. The van der Waals surface area contributed by atoms with Crippen LogP contribution in [0.25, 0.3) is 11.1 Å². The molecule has 3 rings (SSSR count). The van der Waals surface area contributed by atoms with Gasteiger partial charge in [-0.05, 0) is 66.0 Å². The van der Waals surface area contributed by atoms with Crippen molar-refractivity contribution in [2.45, 2.75) is 78.1 Å². The van der Waals surface area contributed by atoms with Gasteiger partial charge in [-0.25, -0.2) is 0 Å². The second-order valence-electron chi connectivity index (χ2n) is 8.19. The predicted molar refractivity (Wildman–Crippen MR) is 117 cm³/mol. The zero-order valence-corrected chi connectivity index (χ0v) is 17.5. The van der Waals surface area contributed by atoms with Gasteiger partial charge in [0.05, 0.1) is 0 Å². The molecule has 2 aromatic carbocycles. The van der Waals surface area contributed by atoms with Crippen LogP contribution in [0.5, 0.6) is 5.75 Å². The molecule has 0 heterocycles. The highest BCUT2D eigenvalue weighted by atomic mass is 16.5. The van der Waals surface area contributed by atoms with Crippen LogP contribution in [0.1, 0.15) is 76.3 Å². The van der Waals surface area contributed by atoms with E-state index in [4.69, 9.17) is 4.74 Å². The Morgan fingerprint density at radius 1 is 0.929 bits per heavy atom. The van der Waals surface area contributed by atoms with Crippen molar-refractivity contribution in [3.8, 4) is 16.9 Å². The summed E-state index contributed by atoms with van der Waals surface area (Å²) >= 11 is 0. The van der Waals surface area contributed by atoms with Crippen LogP contribution in [0, 0.1) is 5.92 Å². The van der Waals surface area contributed by atoms with Crippen molar-refractivity contribution in [2.75, 3.05) is 0 Å². The van der Waals surface area contributed by atoms with E-state index in [9.17, 15) is 4.79 Å². The molecule has 0 radical (unpaired) electrons. The summed E-state index contributed by atoms with van der Waals surface area (Å²) in [5.41, 5.74) is 5.47. The first-order valence-electron chi connectivity index (χ1n) is 11.1. The number of esters is 1. The van der Waals surface area contributed by atoms with Gasteiger partial charge in [0.2, 0.25) is 0 Å². The van der Waals surface area contributed by atoms with Gasteiger partial charge in [0.1, 0.15) is 5.75 Å². The van der Waals surface area contributed by atoms with Gasteiger partial charge in [0.25, 0.3) is 0 Å². The lowest BCUT2D eigenvalue weighted by Crippen LogP contribution is -2.14. The number of rotatable bonds is 9. The summed E-state index contributed by atoms with van der Waals surface area (Å²) in [5.74, 6) is 1.38. The highest BCUT2D eigenvalue weighted by Crippen LogP contribution is 2.32. The van der Waals surface area contributed by atoms with Gasteiger partial charge in [0, 0.05) is 6.42 Å². The Hall–Kier alpha value is -2.09. The fourth-order valence-electron chi connectivity index (χ4n) is 4.26. The molecule has 0 aromatic heterocycles. The molecule has 0 aliphatic heterocycles. The minimum Gasteiger partial charge on any atom is -0.427 e. The fourth-order valence-corrected chi connectivity index (χ4v) is 4.26. The fraction of sp³-hybridized carbons (Fsp3) is 0.500. The Labute approximate surface area is 170 Å². The van der Waals surface area contributed by atoms with Gasteiger partial charge < -0.3 is 4.74 Å². The van der Waals surface area contributed by atoms with Crippen molar-refractivity contribution in [3.63, 3.8) is 0 Å². The maximum atomic E-state index is 11.9. The lowest BCUT2D eigenvalue weighted by atomic mass is 9.81. The topological polar surface area (TPSA) is 26.3 Å². The van der Waals surface area contributed by atoms with Crippen LogP contribution in [-0.2, 0) is 17.6 Å². The van der Waals surface area contributed by atoms with Crippen LogP contribution in [0.2, 0.25) is 0 Å². The summed E-state index contributed by atoms with van der Waals surface area (Å²) in [6, 6.07) is 14.9. The molecule has 0 saturated carbocycles. The van der Waals surface area contributed by atoms with Gasteiger partial charge in [-0.1, -0.05) is 76.3 Å². The Morgan fingerprint density at radius 2 is 1.71 bits per heavy atom. The summed E-state index contributed by atoms with van der Waals surface area (Å²) in [5, 5.41) is 0. The standard InChI is InChI=1S/C26H34O2/c1-3-5-6-7-9-26(27)28-25-16-14-21(15-17-25)23-13-12-22-18-20(8-4-2)10-11-24(22)19-23/h12-17,19-20H,3-11,18H2,1-2H3. The van der Waals surface area contributed by atoms with Crippen molar-refractivity contribution < 1.29 is 9.53 Å². The van der Waals surface area contributed by atoms with Crippen LogP contribution in [0.4, 0.5) is 0 Å². The number of aryl methyl sites for hydroxylation is 1. The van der Waals surface area contributed by atoms with Gasteiger partial charge in [-0.15, -0.1) is 0 Å². The number of hydrogen-bond acceptors (Lipinski definition) is 2. The third-order valence-electron chi connectivity index (χ3n) is 5.89. The Balaban J connectivity index is 1.59. The SMILES string of the molecule is CCCCCCC(=O)Oc1ccc(-c2ccc3c(c2)CCC(CCC)C3)cc1. The van der Waals surface area contributed by atoms with Crippen molar-refractivity contribution in [3.05, 3.63) is 53.6 Å². The number of hydrogen-bond donors (Lipinski definition) is 0. The molecule has 150 valence electrons. The minimum atomic E-state index is -0.126. The van der Waals surface area contributed by atoms with Crippen molar-refractivity contribution in [2.24, 2.45) is 5.92 Å². The van der Waals surface area contributed by atoms with Crippen LogP contribution < -0.4 is 4.74 Å². The van der Waals surface area contributed by atoms with Crippen molar-refractivity contribution in [1.29, 1.82) is 0 Å². The predicted octanol–water partition coefficient (Wildman–Crippen LogP) is 7.13. The van der Waals surface area contributed by atoms with Crippen LogP contribution in [0.3, 0.4) is 0 Å². The lowest BCUT2D eigenvalue weighted by Gasteiger charge is -2.24. The molecule has 1 unspecified atom stereocenters. The first-order valence-corrected chi connectivity index (χ1v) is 11.1. The normalized spacial score (nSPS) is 15.9. The van der Waals surface area contributed by atoms with E-state index < -0.39 is 0 Å². The van der Waals surface area contributed by atoms with E-state index in [0.717, 1.165) is 18.8 Å². The molecule has 1 aliphatic rings. The van der Waals surface area contributed by atoms with E-state index in [1.807, 2.05) is 12.1 Å². The van der Waals surface area contributed by atoms with Crippen molar-refractivity contribution >= 4 is 5.97 Å². The minimum absolute atomic E-state index is 0.126. The molecule has 2 heteroatoms. The van der Waals surface area contributed by atoms with E-state index in [-0.39, 0.29) is 5.97 Å². The summed E-state index contributed by atoms with van der Waals surface area (Å²) < 4.78 is 5.47. The Morgan fingerprint density at radius 3 is 2.46 bits per heavy atom. The lowest BCUT2D eigenvalue weighted by molar-refractivity contribution is -0.134. The van der Waals surface area contributed by atoms with Gasteiger partial charge in [0.15, 0.2) is 0 Å². The van der Waals surface area contributed by atoms with Crippen molar-refractivity contribution in [1.82, 2.24) is 0 Å². The first-order chi connectivity index (χ1) is 13.7. The molecule has 0 saturated heterocycles. The number of carbonyl (C=O) groups excluding carboxylic acids is 1. The molecule has 0 N–H and O–H groups in total. The molecule has 2 nitrogen and oxygen atoms in total. The van der Waals surface area contributed by atoms with E-state index in [1.165, 1.54) is 67.2 Å². The van der Waals surface area contributed by atoms with E-state index in [0.29, 0.717) is 12.2 Å². The Bertz CT molecular complexity index is 761. The molecule has 28 heavy (non-hydrogen) atoms. The largest absolute Gasteiger partial charge is 0.427 e. The third kappa shape index (κ3) is 5.70. The average molecular weight is 379 g/mol. The summed E-state index contributed by atoms with van der Waals surface area (Å²) in [4.78, 5) is 11.9. The maximum Gasteiger partial charge on any atom is 0.311 e. The first kappa shape index (κ1) is 20.6. The number of fused-ring (bicyclic) bond motifs is 1. The number of unbranched alkanes of at least 4 members (excludes halogenated alkanes) is 3. The van der Waals surface area contributed by atoms with E-state index in [2.05, 4.69) is 44.2 Å². The van der Waals surface area contributed by atoms with Gasteiger partial charge in [-0.3, -0.25) is 4.79 Å². The maximum absolute atomic E-state index is 11.9. The molecule has 0 amide bonds. The number of benzene rings is 2. The summed E-state index contributed by atoms with van der Waals surface area (Å²) in [6.45, 7) is 4.46. The monoisotopic (exact) mass is 378 g/mol. The molecular formula is C26H34O2. The Kier molecular flexibility index (Phi) is 7.71. The molecule has 1 atom stereocenters. The van der Waals surface area contributed by atoms with Gasteiger partial charge in [-0.2, -0.15) is 0 Å². The molecular weight excluding hydrogens is 344 g/mol. The van der Waals surface area contributed by atoms with Crippen LogP contribution >= 0.6 is 0 Å². The summed E-state index contributed by atoms with van der Waals surface area (Å²) in [7, 11) is 0. The molecule has 0 spiro atoms. The quantitative estimate of drug-likeness (QED) is 0.263. The van der Waals surface area contributed by atoms with E-state index in [1.54, 1.807) is 0 Å². The zero-order valence-electron chi connectivity index (χ0n) is 17.5. The second-order valence-corrected chi connectivity index (χ2v) is 8.19.